The van der Waals surface area contributed by atoms with E-state index in [1.54, 1.807) is 11.1 Å². The van der Waals surface area contributed by atoms with Crippen LogP contribution in [0.3, 0.4) is 0 Å². The molecule has 2 aliphatic rings. The number of rotatable bonds is 2. The van der Waals surface area contributed by atoms with E-state index in [4.69, 9.17) is 0 Å². The van der Waals surface area contributed by atoms with Gasteiger partial charge in [0.05, 0.1) is 0 Å². The molecule has 1 fully saturated rings. The molecule has 1 aromatic carbocycles. The molecule has 20 heavy (non-hydrogen) atoms. The fourth-order valence-electron chi connectivity index (χ4n) is 3.77. The molecule has 0 amide bonds. The Balaban J connectivity index is 1.57. The lowest BCUT2D eigenvalue weighted by atomic mass is 9.75. The van der Waals surface area contributed by atoms with Crippen LogP contribution in [0.15, 0.2) is 22.7 Å². The third kappa shape index (κ3) is 3.46. The second-order valence-corrected chi connectivity index (χ2v) is 8.37. The summed E-state index contributed by atoms with van der Waals surface area (Å²) in [6.07, 6.45) is 9.20. The summed E-state index contributed by atoms with van der Waals surface area (Å²) >= 11 is 3.58. The standard InChI is InChI=1S/C18H26BrN/c1-18(2)9-7-16(8-10-18)20-17-6-4-13-11-15(19)5-3-14(13)12-17/h3,5,11,16-17,20H,4,6-10,12H2,1-2H3. The van der Waals surface area contributed by atoms with Crippen molar-refractivity contribution in [1.29, 1.82) is 0 Å². The fraction of sp³-hybridized carbons (Fsp3) is 0.667. The van der Waals surface area contributed by atoms with Crippen LogP contribution >= 0.6 is 15.9 Å². The van der Waals surface area contributed by atoms with E-state index in [0.29, 0.717) is 11.5 Å². The summed E-state index contributed by atoms with van der Waals surface area (Å²) in [7, 11) is 0. The quantitative estimate of drug-likeness (QED) is 0.813. The molecule has 0 saturated heterocycles. The van der Waals surface area contributed by atoms with Crippen molar-refractivity contribution in [3.05, 3.63) is 33.8 Å². The molecule has 0 spiro atoms. The lowest BCUT2D eigenvalue weighted by Gasteiger charge is -2.37. The van der Waals surface area contributed by atoms with Crippen LogP contribution in [0.25, 0.3) is 0 Å². The minimum absolute atomic E-state index is 0.573. The maximum atomic E-state index is 3.94. The SMILES string of the molecule is CC1(C)CCC(NC2CCc3cc(Br)ccc3C2)CC1. The highest BCUT2D eigenvalue weighted by molar-refractivity contribution is 9.10. The molecule has 0 aromatic heterocycles. The maximum Gasteiger partial charge on any atom is 0.0178 e. The van der Waals surface area contributed by atoms with Crippen molar-refractivity contribution in [3.63, 3.8) is 0 Å². The van der Waals surface area contributed by atoms with Crippen LogP contribution in [0.1, 0.15) is 57.1 Å². The Morgan fingerprint density at radius 3 is 2.55 bits per heavy atom. The van der Waals surface area contributed by atoms with E-state index in [0.717, 1.165) is 6.04 Å². The largest absolute Gasteiger partial charge is 0.311 e. The normalized spacial score (nSPS) is 26.2. The Labute approximate surface area is 131 Å². The van der Waals surface area contributed by atoms with Crippen LogP contribution in [-0.4, -0.2) is 12.1 Å². The van der Waals surface area contributed by atoms with Crippen molar-refractivity contribution < 1.29 is 0 Å². The van der Waals surface area contributed by atoms with Crippen LogP contribution in [0.5, 0.6) is 0 Å². The Bertz CT molecular complexity index is 470. The van der Waals surface area contributed by atoms with Gasteiger partial charge in [-0.2, -0.15) is 0 Å². The van der Waals surface area contributed by atoms with Gasteiger partial charge in [0, 0.05) is 16.6 Å². The van der Waals surface area contributed by atoms with Crippen LogP contribution in [0, 0.1) is 5.41 Å². The van der Waals surface area contributed by atoms with E-state index in [1.807, 2.05) is 0 Å². The minimum atomic E-state index is 0.573. The summed E-state index contributed by atoms with van der Waals surface area (Å²) < 4.78 is 1.22. The van der Waals surface area contributed by atoms with Crippen LogP contribution in [0.4, 0.5) is 0 Å². The highest BCUT2D eigenvalue weighted by Gasteiger charge is 2.28. The van der Waals surface area contributed by atoms with Crippen molar-refractivity contribution in [3.8, 4) is 0 Å². The van der Waals surface area contributed by atoms with Gasteiger partial charge in [-0.05, 0) is 73.6 Å². The van der Waals surface area contributed by atoms with Gasteiger partial charge in [0.25, 0.3) is 0 Å². The molecule has 1 N–H and O–H groups in total. The number of halogens is 1. The molecule has 2 aliphatic carbocycles. The highest BCUT2D eigenvalue weighted by atomic mass is 79.9. The zero-order valence-electron chi connectivity index (χ0n) is 12.7. The summed E-state index contributed by atoms with van der Waals surface area (Å²) in [5.41, 5.74) is 3.67. The average molecular weight is 336 g/mol. The van der Waals surface area contributed by atoms with Gasteiger partial charge in [-0.1, -0.05) is 35.8 Å². The van der Waals surface area contributed by atoms with Gasteiger partial charge in [-0.25, -0.2) is 0 Å². The van der Waals surface area contributed by atoms with Gasteiger partial charge in [-0.3, -0.25) is 0 Å². The number of nitrogens with one attached hydrogen (secondary N) is 1. The van der Waals surface area contributed by atoms with Gasteiger partial charge in [0.1, 0.15) is 0 Å². The van der Waals surface area contributed by atoms with Gasteiger partial charge >= 0.3 is 0 Å². The zero-order valence-corrected chi connectivity index (χ0v) is 14.3. The zero-order chi connectivity index (χ0) is 14.2. The summed E-state index contributed by atoms with van der Waals surface area (Å²) in [6, 6.07) is 8.23. The van der Waals surface area contributed by atoms with Crippen molar-refractivity contribution in [2.24, 2.45) is 5.41 Å². The fourth-order valence-corrected chi connectivity index (χ4v) is 4.17. The second-order valence-electron chi connectivity index (χ2n) is 7.46. The van der Waals surface area contributed by atoms with Gasteiger partial charge in [0.2, 0.25) is 0 Å². The first-order valence-corrected chi connectivity index (χ1v) is 8.84. The Morgan fingerprint density at radius 1 is 1.05 bits per heavy atom. The first-order chi connectivity index (χ1) is 9.52. The summed E-state index contributed by atoms with van der Waals surface area (Å²) in [4.78, 5) is 0. The van der Waals surface area contributed by atoms with Gasteiger partial charge in [0.15, 0.2) is 0 Å². The van der Waals surface area contributed by atoms with E-state index < -0.39 is 0 Å². The molecule has 0 aliphatic heterocycles. The Kier molecular flexibility index (Phi) is 4.24. The molecule has 0 bridgehead atoms. The molecule has 1 unspecified atom stereocenters. The van der Waals surface area contributed by atoms with Crippen LogP contribution in [-0.2, 0) is 12.8 Å². The minimum Gasteiger partial charge on any atom is -0.311 e. The third-order valence-electron chi connectivity index (χ3n) is 5.21. The van der Waals surface area contributed by atoms with E-state index in [1.165, 1.54) is 49.4 Å². The van der Waals surface area contributed by atoms with Crippen molar-refractivity contribution in [1.82, 2.24) is 5.32 Å². The lowest BCUT2D eigenvalue weighted by molar-refractivity contribution is 0.195. The number of hydrogen-bond donors (Lipinski definition) is 1. The molecule has 3 rings (SSSR count). The molecule has 1 nitrogen and oxygen atoms in total. The smallest absolute Gasteiger partial charge is 0.0178 e. The highest BCUT2D eigenvalue weighted by Crippen LogP contribution is 2.35. The Hall–Kier alpha value is -0.340. The molecule has 0 radical (unpaired) electrons. The molecule has 0 heterocycles. The molecule has 2 heteroatoms. The van der Waals surface area contributed by atoms with Crippen LogP contribution in [0.2, 0.25) is 0 Å². The van der Waals surface area contributed by atoms with E-state index in [2.05, 4.69) is 53.3 Å². The molecule has 110 valence electrons. The topological polar surface area (TPSA) is 12.0 Å². The third-order valence-corrected chi connectivity index (χ3v) is 5.70. The summed E-state index contributed by atoms with van der Waals surface area (Å²) in [5.74, 6) is 0. The number of hydrogen-bond acceptors (Lipinski definition) is 1. The predicted octanol–water partition coefficient (Wildman–Crippen LogP) is 4.86. The molecule has 1 atom stereocenters. The molecular weight excluding hydrogens is 310 g/mol. The number of fused-ring (bicyclic) bond motifs is 1. The molecule has 1 saturated carbocycles. The van der Waals surface area contributed by atoms with Crippen LogP contribution < -0.4 is 5.32 Å². The summed E-state index contributed by atoms with van der Waals surface area (Å²) in [6.45, 7) is 4.83. The lowest BCUT2D eigenvalue weighted by Crippen LogP contribution is -2.44. The second kappa shape index (κ2) is 5.81. The van der Waals surface area contributed by atoms with Crippen molar-refractivity contribution >= 4 is 15.9 Å². The number of aryl methyl sites for hydroxylation is 1. The first kappa shape index (κ1) is 14.6. The van der Waals surface area contributed by atoms with Crippen molar-refractivity contribution in [2.75, 3.05) is 0 Å². The van der Waals surface area contributed by atoms with E-state index in [-0.39, 0.29) is 0 Å². The maximum absolute atomic E-state index is 3.94. The Morgan fingerprint density at radius 2 is 1.80 bits per heavy atom. The first-order valence-electron chi connectivity index (χ1n) is 8.05. The van der Waals surface area contributed by atoms with Crippen molar-refractivity contribution in [2.45, 2.75) is 70.9 Å². The monoisotopic (exact) mass is 335 g/mol. The number of benzene rings is 1. The molecule has 1 aromatic rings. The predicted molar refractivity (Wildman–Crippen MR) is 89.1 cm³/mol. The van der Waals surface area contributed by atoms with E-state index >= 15 is 0 Å². The van der Waals surface area contributed by atoms with E-state index in [9.17, 15) is 0 Å². The summed E-state index contributed by atoms with van der Waals surface area (Å²) in [5, 5.41) is 3.94. The average Bonchev–Trinajstić information content (AvgIpc) is 2.41. The molecular formula is C18H26BrN. The van der Waals surface area contributed by atoms with Gasteiger partial charge < -0.3 is 5.32 Å². The van der Waals surface area contributed by atoms with Gasteiger partial charge in [-0.15, -0.1) is 0 Å².